The molecule has 3 unspecified atom stereocenters. The van der Waals surface area contributed by atoms with Gasteiger partial charge in [0.25, 0.3) is 0 Å². The Hall–Kier alpha value is -0.535. The van der Waals surface area contributed by atoms with E-state index in [1.807, 2.05) is 13.8 Å². The van der Waals surface area contributed by atoms with E-state index in [0.717, 1.165) is 0 Å². The fourth-order valence-electron chi connectivity index (χ4n) is 3.39. The van der Waals surface area contributed by atoms with Crippen LogP contribution in [0.4, 0.5) is 0 Å². The Kier molecular flexibility index (Phi) is 10.2. The summed E-state index contributed by atoms with van der Waals surface area (Å²) in [5.41, 5.74) is -1.30. The lowest BCUT2D eigenvalue weighted by atomic mass is 9.73. The van der Waals surface area contributed by atoms with Gasteiger partial charge in [-0.25, -0.2) is 13.7 Å². The fraction of sp³-hybridized carbons (Fsp3) is 0.812. The summed E-state index contributed by atoms with van der Waals surface area (Å²) in [5.74, 6) is 1.96. The van der Waals surface area contributed by atoms with Gasteiger partial charge in [-0.15, -0.1) is 12.3 Å². The largest absolute Gasteiger partial charge is 0.490 e. The third-order valence-corrected chi connectivity index (χ3v) is 8.16. The van der Waals surface area contributed by atoms with E-state index in [1.165, 1.54) is 0 Å². The minimum atomic E-state index is -5.66. The Balaban J connectivity index is 2.79. The number of hydrogen-bond donors (Lipinski definition) is 4. The highest BCUT2D eigenvalue weighted by Gasteiger charge is 2.44. The highest BCUT2D eigenvalue weighted by atomic mass is 31.3. The van der Waals surface area contributed by atoms with Crippen LogP contribution in [-0.2, 0) is 41.1 Å². The van der Waals surface area contributed by atoms with E-state index in [0.29, 0.717) is 12.8 Å². The van der Waals surface area contributed by atoms with Crippen LogP contribution in [0.5, 0.6) is 0 Å². The number of carbonyl (C=O) groups is 1. The molecule has 0 saturated carbocycles. The van der Waals surface area contributed by atoms with Crippen molar-refractivity contribution in [2.24, 2.45) is 10.8 Å². The van der Waals surface area contributed by atoms with Crippen LogP contribution in [0.1, 0.15) is 47.0 Å². The summed E-state index contributed by atoms with van der Waals surface area (Å²) in [6.07, 6.45) is 4.09. The van der Waals surface area contributed by atoms with Crippen molar-refractivity contribution in [1.29, 1.82) is 0 Å². The summed E-state index contributed by atoms with van der Waals surface area (Å²) in [6.45, 7) is 6.37. The molecule has 0 bridgehead atoms. The number of phosphoric acid groups is 3. The standard InChI is InChI=1S/C16H28BO13P3/c1-6-7-15(2,3)10-16(4,5)14(18)28-11-8-13(17)27-12(11)9-26-32(22,23)30-33(24,25)29-31(19,20)21/h1,11-13H,7-10H2,2-5H3,(H,22,23)(H,24,25)(H2,19,20,21)/t11?,12-,13-/m1/s1. The van der Waals surface area contributed by atoms with Crippen LogP contribution in [0.2, 0.25) is 0 Å². The Morgan fingerprint density at radius 3 is 2.21 bits per heavy atom. The molecule has 0 amide bonds. The molecule has 2 radical (unpaired) electrons. The molecule has 1 saturated heterocycles. The molecule has 1 rings (SSSR count). The van der Waals surface area contributed by atoms with Crippen molar-refractivity contribution in [3.05, 3.63) is 0 Å². The van der Waals surface area contributed by atoms with Gasteiger partial charge >= 0.3 is 29.4 Å². The van der Waals surface area contributed by atoms with Crippen molar-refractivity contribution in [3.63, 3.8) is 0 Å². The summed E-state index contributed by atoms with van der Waals surface area (Å²) in [5, 5.41) is 0. The van der Waals surface area contributed by atoms with Gasteiger partial charge in [0.15, 0.2) is 0 Å². The number of phosphoric ester groups is 1. The SMILES string of the molecule is [B][C@H]1CC(OC(=O)C(C)(C)CC(C)(C)CC#C)[C@@H](COP(=O)(O)OP(=O)(O)OP(=O)(O)O)O1. The molecular formula is C16H28BO13P3. The van der Waals surface area contributed by atoms with Crippen LogP contribution in [0.25, 0.3) is 0 Å². The number of esters is 1. The van der Waals surface area contributed by atoms with Gasteiger partial charge in [-0.2, -0.15) is 8.62 Å². The minimum absolute atomic E-state index is 0.0278. The average molecular weight is 532 g/mol. The van der Waals surface area contributed by atoms with Crippen molar-refractivity contribution in [3.8, 4) is 12.3 Å². The van der Waals surface area contributed by atoms with Crippen molar-refractivity contribution < 1.29 is 60.7 Å². The molecule has 0 aromatic rings. The Labute approximate surface area is 193 Å². The van der Waals surface area contributed by atoms with Crippen LogP contribution in [0.15, 0.2) is 0 Å². The van der Waals surface area contributed by atoms with Gasteiger partial charge in [0, 0.05) is 18.8 Å². The Morgan fingerprint density at radius 1 is 1.12 bits per heavy atom. The molecule has 13 nitrogen and oxygen atoms in total. The maximum absolute atomic E-state index is 12.8. The molecule has 0 aromatic carbocycles. The van der Waals surface area contributed by atoms with Crippen LogP contribution in [0, 0.1) is 23.2 Å². The van der Waals surface area contributed by atoms with Crippen LogP contribution in [0.3, 0.4) is 0 Å². The second kappa shape index (κ2) is 11.0. The highest BCUT2D eigenvalue weighted by Crippen LogP contribution is 2.66. The summed E-state index contributed by atoms with van der Waals surface area (Å²) < 4.78 is 56.6. The smallest absolute Gasteiger partial charge is 0.459 e. The number of ether oxygens (including phenoxy) is 2. The zero-order valence-electron chi connectivity index (χ0n) is 18.5. The third-order valence-electron chi connectivity index (χ3n) is 4.36. The van der Waals surface area contributed by atoms with Gasteiger partial charge < -0.3 is 29.0 Å². The molecule has 188 valence electrons. The molecule has 0 spiro atoms. The van der Waals surface area contributed by atoms with Crippen molar-refractivity contribution >= 4 is 37.3 Å². The molecule has 4 N–H and O–H groups in total. The van der Waals surface area contributed by atoms with Gasteiger partial charge in [0.05, 0.1) is 12.0 Å². The molecule has 17 heteroatoms. The third kappa shape index (κ3) is 11.2. The van der Waals surface area contributed by atoms with Gasteiger partial charge in [-0.3, -0.25) is 9.32 Å². The highest BCUT2D eigenvalue weighted by molar-refractivity contribution is 7.66. The molecule has 1 heterocycles. The number of terminal acetylenes is 1. The topological polar surface area (TPSA) is 195 Å². The predicted molar refractivity (Wildman–Crippen MR) is 114 cm³/mol. The fourth-order valence-corrected chi connectivity index (χ4v) is 6.42. The quantitative estimate of drug-likeness (QED) is 0.123. The van der Waals surface area contributed by atoms with Gasteiger partial charge in [0.2, 0.25) is 0 Å². The molecule has 0 aliphatic carbocycles. The van der Waals surface area contributed by atoms with Crippen LogP contribution < -0.4 is 0 Å². The first-order valence-electron chi connectivity index (χ1n) is 9.51. The summed E-state index contributed by atoms with van der Waals surface area (Å²) in [6, 6.07) is -0.904. The predicted octanol–water partition coefficient (Wildman–Crippen LogP) is 1.99. The van der Waals surface area contributed by atoms with Crippen molar-refractivity contribution in [2.75, 3.05) is 6.61 Å². The van der Waals surface area contributed by atoms with E-state index in [-0.39, 0.29) is 11.8 Å². The van der Waals surface area contributed by atoms with E-state index in [4.69, 9.17) is 33.5 Å². The van der Waals surface area contributed by atoms with E-state index in [9.17, 15) is 28.3 Å². The van der Waals surface area contributed by atoms with Crippen LogP contribution >= 0.6 is 23.5 Å². The van der Waals surface area contributed by atoms with Gasteiger partial charge in [-0.05, 0) is 25.7 Å². The summed E-state index contributed by atoms with van der Waals surface area (Å²) >= 11 is 0. The maximum atomic E-state index is 12.8. The Morgan fingerprint density at radius 2 is 1.70 bits per heavy atom. The molecule has 33 heavy (non-hydrogen) atoms. The summed E-state index contributed by atoms with van der Waals surface area (Å²) in [4.78, 5) is 48.6. The lowest BCUT2D eigenvalue weighted by molar-refractivity contribution is -0.164. The summed E-state index contributed by atoms with van der Waals surface area (Å²) in [7, 11) is -10.8. The number of carbonyl (C=O) groups excluding carboxylic acids is 1. The monoisotopic (exact) mass is 532 g/mol. The normalized spacial score (nSPS) is 25.6. The minimum Gasteiger partial charge on any atom is -0.459 e. The molecule has 1 aliphatic heterocycles. The second-order valence-electron chi connectivity index (χ2n) is 8.88. The van der Waals surface area contributed by atoms with Crippen LogP contribution in [-0.4, -0.2) is 58.2 Å². The van der Waals surface area contributed by atoms with E-state index in [2.05, 4.69) is 19.1 Å². The zero-order valence-corrected chi connectivity index (χ0v) is 21.2. The van der Waals surface area contributed by atoms with Gasteiger partial charge in [-0.1, -0.05) is 13.8 Å². The second-order valence-corrected chi connectivity index (χ2v) is 13.3. The number of rotatable bonds is 12. The maximum Gasteiger partial charge on any atom is 0.490 e. The average Bonchev–Trinajstić information content (AvgIpc) is 2.87. The lowest BCUT2D eigenvalue weighted by Crippen LogP contribution is -2.38. The van der Waals surface area contributed by atoms with Crippen molar-refractivity contribution in [1.82, 2.24) is 0 Å². The van der Waals surface area contributed by atoms with Gasteiger partial charge in [0.1, 0.15) is 20.1 Å². The number of hydrogen-bond acceptors (Lipinski definition) is 9. The molecule has 1 aliphatic rings. The molecular weight excluding hydrogens is 504 g/mol. The molecule has 0 aromatic heterocycles. The molecule has 5 atom stereocenters. The first kappa shape index (κ1) is 30.5. The zero-order chi connectivity index (χ0) is 25.9. The first-order valence-corrected chi connectivity index (χ1v) is 14.0. The van der Waals surface area contributed by atoms with E-state index < -0.39 is 59.7 Å². The lowest BCUT2D eigenvalue weighted by Gasteiger charge is -2.33. The van der Waals surface area contributed by atoms with E-state index in [1.54, 1.807) is 13.8 Å². The van der Waals surface area contributed by atoms with Crippen molar-refractivity contribution in [2.45, 2.75) is 65.2 Å². The van der Waals surface area contributed by atoms with E-state index >= 15 is 0 Å². The first-order chi connectivity index (χ1) is 14.7. The Bertz CT molecular complexity index is 893. The molecule has 1 fully saturated rings.